The number of piperidine rings is 1. The Morgan fingerprint density at radius 2 is 1.62 bits per heavy atom. The first kappa shape index (κ1) is 30.7. The molecular weight excluding hydrogens is 638 g/mol. The molecule has 9 nitrogen and oxygen atoms in total. The van der Waals surface area contributed by atoms with Crippen LogP contribution in [0.2, 0.25) is 5.02 Å². The Morgan fingerprint density at radius 1 is 0.894 bits per heavy atom. The summed E-state index contributed by atoms with van der Waals surface area (Å²) in [5, 5.41) is 0.805. The van der Waals surface area contributed by atoms with Crippen molar-refractivity contribution in [1.29, 1.82) is 0 Å². The van der Waals surface area contributed by atoms with Crippen LogP contribution in [0.5, 0.6) is 5.75 Å². The second kappa shape index (κ2) is 12.0. The molecule has 238 valence electrons. The number of anilines is 1. The van der Waals surface area contributed by atoms with Gasteiger partial charge in [-0.2, -0.15) is 4.31 Å². The molecule has 7 rings (SSSR count). The van der Waals surface area contributed by atoms with Gasteiger partial charge in [-0.25, -0.2) is 13.2 Å². The monoisotopic (exact) mass is 667 g/mol. The summed E-state index contributed by atoms with van der Waals surface area (Å²) in [5.74, 6) is -0.501. The van der Waals surface area contributed by atoms with Crippen LogP contribution in [0.15, 0.2) is 114 Å². The molecule has 0 saturated carbocycles. The van der Waals surface area contributed by atoms with Gasteiger partial charge in [0.15, 0.2) is 0 Å². The highest BCUT2D eigenvalue weighted by Crippen LogP contribution is 2.52. The topological polar surface area (TPSA) is 106 Å². The number of pyridine rings is 1. The van der Waals surface area contributed by atoms with Crippen LogP contribution in [0.4, 0.5) is 10.5 Å². The molecule has 0 aliphatic carbocycles. The van der Waals surface area contributed by atoms with Crippen molar-refractivity contribution in [2.45, 2.75) is 29.3 Å². The Bertz CT molecular complexity index is 2110. The number of carbonyl (C=O) groups excluding carboxylic acids is 2. The minimum Gasteiger partial charge on any atom is -0.496 e. The molecule has 4 aromatic carbocycles. The molecule has 1 unspecified atom stereocenters. The lowest BCUT2D eigenvalue weighted by Gasteiger charge is -2.36. The number of hydrogen-bond acceptors (Lipinski definition) is 7. The smallest absolute Gasteiger partial charge is 0.411 e. The van der Waals surface area contributed by atoms with Gasteiger partial charge in [0.1, 0.15) is 10.6 Å². The average Bonchev–Trinajstić information content (AvgIpc) is 3.35. The number of likely N-dealkylation sites (tertiary alicyclic amines) is 1. The summed E-state index contributed by atoms with van der Waals surface area (Å²) in [7, 11) is -3.18. The zero-order valence-corrected chi connectivity index (χ0v) is 26.9. The van der Waals surface area contributed by atoms with Gasteiger partial charge >= 0.3 is 6.09 Å². The first-order chi connectivity index (χ1) is 22.8. The van der Waals surface area contributed by atoms with E-state index >= 15 is 4.79 Å². The molecule has 0 spiro atoms. The van der Waals surface area contributed by atoms with E-state index in [1.54, 1.807) is 53.4 Å². The third kappa shape index (κ3) is 5.08. The molecule has 11 heteroatoms. The number of sulfonamides is 1. The van der Waals surface area contributed by atoms with Crippen LogP contribution >= 0.6 is 11.6 Å². The molecule has 2 aliphatic heterocycles. The molecule has 47 heavy (non-hydrogen) atoms. The minimum absolute atomic E-state index is 0.00817. The summed E-state index contributed by atoms with van der Waals surface area (Å²) in [5.41, 5.74) is -0.573. The van der Waals surface area contributed by atoms with Gasteiger partial charge in [0.25, 0.3) is 15.9 Å². The minimum atomic E-state index is -4.61. The van der Waals surface area contributed by atoms with Crippen molar-refractivity contribution in [2.75, 3.05) is 24.5 Å². The van der Waals surface area contributed by atoms with Crippen molar-refractivity contribution < 1.29 is 27.5 Å². The Labute approximate surface area is 277 Å². The van der Waals surface area contributed by atoms with E-state index in [1.807, 2.05) is 18.2 Å². The highest BCUT2D eigenvalue weighted by molar-refractivity contribution is 7.93. The van der Waals surface area contributed by atoms with E-state index in [4.69, 9.17) is 21.1 Å². The summed E-state index contributed by atoms with van der Waals surface area (Å²) in [6.07, 6.45) is 2.13. The number of hydrogen-bond donors (Lipinski definition) is 0. The van der Waals surface area contributed by atoms with Gasteiger partial charge in [0.2, 0.25) is 5.60 Å². The molecule has 2 amide bonds. The summed E-state index contributed by atoms with van der Waals surface area (Å²) in [4.78, 5) is 34.8. The van der Waals surface area contributed by atoms with Crippen LogP contribution < -0.4 is 9.04 Å². The Hall–Kier alpha value is -4.93. The quantitative estimate of drug-likeness (QED) is 0.194. The number of nitrogens with zero attached hydrogens (tertiary/aromatic N) is 3. The van der Waals surface area contributed by atoms with Gasteiger partial charge in [0, 0.05) is 35.3 Å². The van der Waals surface area contributed by atoms with Crippen LogP contribution in [0.1, 0.15) is 35.4 Å². The summed E-state index contributed by atoms with van der Waals surface area (Å²) < 4.78 is 41.9. The van der Waals surface area contributed by atoms with Crippen LogP contribution in [0.25, 0.3) is 10.9 Å². The van der Waals surface area contributed by atoms with Crippen molar-refractivity contribution in [2.24, 2.45) is 0 Å². The Kier molecular flexibility index (Phi) is 7.85. The van der Waals surface area contributed by atoms with Crippen molar-refractivity contribution in [3.05, 3.63) is 131 Å². The van der Waals surface area contributed by atoms with Gasteiger partial charge in [-0.1, -0.05) is 78.3 Å². The summed E-state index contributed by atoms with van der Waals surface area (Å²) in [6.45, 7) is 0.779. The predicted octanol–water partition coefficient (Wildman–Crippen LogP) is 6.89. The molecule has 1 fully saturated rings. The first-order valence-corrected chi connectivity index (χ1v) is 17.0. The van der Waals surface area contributed by atoms with Crippen LogP contribution in [-0.2, 0) is 25.2 Å². The number of fused-ring (bicyclic) bond motifs is 2. The predicted molar refractivity (Wildman–Crippen MR) is 178 cm³/mol. The largest absolute Gasteiger partial charge is 0.496 e. The SMILES string of the molecule is COc1ccccc1C1(OC(=O)N2CCC(c3ccccc3)CC2)C(=O)N(S(=O)(=O)c2cccc3cccnc23)c2ccc(Cl)cc21. The highest BCUT2D eigenvalue weighted by atomic mass is 35.5. The van der Waals surface area contributed by atoms with E-state index in [2.05, 4.69) is 17.1 Å². The maximum atomic E-state index is 15.0. The van der Waals surface area contributed by atoms with Gasteiger partial charge < -0.3 is 14.4 Å². The number of carbonyl (C=O) groups is 2. The zero-order chi connectivity index (χ0) is 32.8. The van der Waals surface area contributed by atoms with Crippen LogP contribution in [-0.4, -0.2) is 50.5 Å². The Morgan fingerprint density at radius 3 is 2.38 bits per heavy atom. The van der Waals surface area contributed by atoms with Gasteiger partial charge in [-0.15, -0.1) is 0 Å². The lowest BCUT2D eigenvalue weighted by molar-refractivity contribution is -0.132. The van der Waals surface area contributed by atoms with Crippen LogP contribution in [0.3, 0.4) is 0 Å². The van der Waals surface area contributed by atoms with E-state index in [0.29, 0.717) is 35.6 Å². The van der Waals surface area contributed by atoms with E-state index in [-0.39, 0.29) is 43.9 Å². The molecule has 5 aromatic rings. The zero-order valence-electron chi connectivity index (χ0n) is 25.4. The lowest BCUT2D eigenvalue weighted by Crippen LogP contribution is -2.49. The van der Waals surface area contributed by atoms with E-state index < -0.39 is 27.6 Å². The fourth-order valence-electron chi connectivity index (χ4n) is 6.62. The van der Waals surface area contributed by atoms with E-state index in [9.17, 15) is 13.2 Å². The molecule has 0 N–H and O–H groups in total. The van der Waals surface area contributed by atoms with Gasteiger partial charge in [-0.3, -0.25) is 9.78 Å². The first-order valence-electron chi connectivity index (χ1n) is 15.2. The summed E-state index contributed by atoms with van der Waals surface area (Å²) >= 11 is 6.50. The number of methoxy groups -OCH3 is 1. The standard InChI is InChI=1S/C36H30ClN3O6S/c1-45-31-14-6-5-13-28(31)36(46-35(42)39-21-18-25(19-22-39)24-9-3-2-4-10-24)29-23-27(37)16-17-30(29)40(34(36)41)47(43,44)32-15-7-11-26-12-8-20-38-33(26)32/h2-17,20,23,25H,18-19,21-22H2,1H3. The maximum absolute atomic E-state index is 15.0. The Balaban J connectivity index is 1.35. The second-order valence-corrected chi connectivity index (χ2v) is 13.7. The van der Waals surface area contributed by atoms with E-state index in [1.165, 1.54) is 43.1 Å². The number of rotatable bonds is 6. The molecule has 1 saturated heterocycles. The normalized spacial score (nSPS) is 18.3. The average molecular weight is 668 g/mol. The molecule has 1 atom stereocenters. The molecule has 3 heterocycles. The fourth-order valence-corrected chi connectivity index (χ4v) is 8.42. The number of benzene rings is 4. The lowest BCUT2D eigenvalue weighted by atomic mass is 9.86. The van der Waals surface area contributed by atoms with Crippen molar-refractivity contribution in [3.63, 3.8) is 0 Å². The van der Waals surface area contributed by atoms with E-state index in [0.717, 1.165) is 0 Å². The van der Waals surface area contributed by atoms with Crippen molar-refractivity contribution in [1.82, 2.24) is 9.88 Å². The number of amides is 2. The fraction of sp³-hybridized carbons (Fsp3) is 0.194. The molecule has 2 aliphatic rings. The molecule has 0 radical (unpaired) electrons. The molecule has 0 bridgehead atoms. The number of ether oxygens (including phenoxy) is 2. The molecular formula is C36H30ClN3O6S. The highest BCUT2D eigenvalue weighted by Gasteiger charge is 2.61. The second-order valence-electron chi connectivity index (χ2n) is 11.5. The molecule has 1 aromatic heterocycles. The van der Waals surface area contributed by atoms with Crippen molar-refractivity contribution in [3.8, 4) is 5.75 Å². The van der Waals surface area contributed by atoms with Crippen molar-refractivity contribution >= 4 is 50.2 Å². The van der Waals surface area contributed by atoms with Crippen LogP contribution in [0, 0.1) is 0 Å². The number of aromatic nitrogens is 1. The number of para-hydroxylation sites is 2. The maximum Gasteiger partial charge on any atom is 0.411 e. The van der Waals surface area contributed by atoms with Gasteiger partial charge in [0.05, 0.1) is 23.9 Å². The third-order valence-electron chi connectivity index (χ3n) is 8.91. The summed E-state index contributed by atoms with van der Waals surface area (Å²) in [6, 6.07) is 29.3. The van der Waals surface area contributed by atoms with Gasteiger partial charge in [-0.05, 0) is 60.7 Å². The number of halogens is 1. The third-order valence-corrected chi connectivity index (χ3v) is 10.9.